The quantitative estimate of drug-likeness (QED) is 0.857. The summed E-state index contributed by atoms with van der Waals surface area (Å²) in [4.78, 5) is 24.1. The average molecular weight is 354 g/mol. The van der Waals surface area contributed by atoms with Crippen molar-refractivity contribution >= 4 is 32.8 Å². The number of ether oxygens (including phenoxy) is 1. The average Bonchev–Trinajstić information content (AvgIpc) is 2.45. The van der Waals surface area contributed by atoms with Gasteiger partial charge >= 0.3 is 5.63 Å². The Kier molecular flexibility index (Phi) is 4.67. The molecule has 0 bridgehead atoms. The Morgan fingerprint density at radius 2 is 2.14 bits per heavy atom. The van der Waals surface area contributed by atoms with E-state index in [0.717, 1.165) is 10.9 Å². The third kappa shape index (κ3) is 3.26. The van der Waals surface area contributed by atoms with E-state index in [1.807, 2.05) is 13.8 Å². The molecule has 2 rings (SSSR count). The van der Waals surface area contributed by atoms with Crippen LogP contribution in [0.5, 0.6) is 5.75 Å². The Bertz CT molecular complexity index is 738. The number of carbonyl (C=O) groups excluding carboxylic acids is 1. The number of nitrogens with one attached hydrogen (secondary N) is 1. The smallest absolute Gasteiger partial charge is 0.349 e. The van der Waals surface area contributed by atoms with E-state index in [-0.39, 0.29) is 11.6 Å². The summed E-state index contributed by atoms with van der Waals surface area (Å²) in [5.74, 6) is 0.00398. The lowest BCUT2D eigenvalue weighted by molar-refractivity contribution is 0.0935. The summed E-state index contributed by atoms with van der Waals surface area (Å²) in [6.07, 6.45) is 0.782. The number of rotatable bonds is 4. The van der Waals surface area contributed by atoms with Crippen LogP contribution in [0.1, 0.15) is 30.6 Å². The minimum Gasteiger partial charge on any atom is -0.493 e. The predicted octanol–water partition coefficient (Wildman–Crippen LogP) is 3.09. The third-order valence-corrected chi connectivity index (χ3v) is 3.68. The molecule has 0 aliphatic carbocycles. The fourth-order valence-corrected chi connectivity index (χ4v) is 2.34. The van der Waals surface area contributed by atoms with Crippen LogP contribution in [-0.4, -0.2) is 19.1 Å². The van der Waals surface area contributed by atoms with Crippen LogP contribution in [0.2, 0.25) is 0 Å². The first-order valence-corrected chi connectivity index (χ1v) is 7.37. The van der Waals surface area contributed by atoms with Gasteiger partial charge < -0.3 is 14.5 Å². The highest BCUT2D eigenvalue weighted by atomic mass is 79.9. The lowest BCUT2D eigenvalue weighted by Gasteiger charge is -2.11. The van der Waals surface area contributed by atoms with Gasteiger partial charge in [0.05, 0.1) is 7.11 Å². The molecule has 1 atom stereocenters. The molecule has 0 aliphatic rings. The molecule has 1 heterocycles. The summed E-state index contributed by atoms with van der Waals surface area (Å²) in [7, 11) is 1.49. The number of amides is 1. The summed E-state index contributed by atoms with van der Waals surface area (Å²) >= 11 is 3.36. The number of fused-ring (bicyclic) bond motifs is 1. The number of hydrogen-bond donors (Lipinski definition) is 1. The maximum absolute atomic E-state index is 12.1. The number of halogens is 1. The molecule has 0 spiro atoms. The van der Waals surface area contributed by atoms with Crippen molar-refractivity contribution < 1.29 is 13.9 Å². The van der Waals surface area contributed by atoms with Crippen molar-refractivity contribution in [1.29, 1.82) is 0 Å². The van der Waals surface area contributed by atoms with E-state index in [1.165, 1.54) is 13.2 Å². The van der Waals surface area contributed by atoms with Crippen LogP contribution in [0.4, 0.5) is 0 Å². The van der Waals surface area contributed by atoms with Crippen molar-refractivity contribution in [3.05, 3.63) is 38.7 Å². The molecular formula is C15H16BrNO4. The zero-order valence-electron chi connectivity index (χ0n) is 12.0. The molecule has 6 heteroatoms. The molecule has 0 aliphatic heterocycles. The summed E-state index contributed by atoms with van der Waals surface area (Å²) in [5, 5.41) is 3.37. The second-order valence-corrected chi connectivity index (χ2v) is 5.67. The van der Waals surface area contributed by atoms with Crippen molar-refractivity contribution in [3.8, 4) is 5.75 Å². The fourth-order valence-electron chi connectivity index (χ4n) is 1.88. The van der Waals surface area contributed by atoms with Crippen LogP contribution in [0, 0.1) is 0 Å². The van der Waals surface area contributed by atoms with Crippen LogP contribution in [-0.2, 0) is 0 Å². The monoisotopic (exact) mass is 353 g/mol. The zero-order chi connectivity index (χ0) is 15.6. The Morgan fingerprint density at radius 3 is 2.76 bits per heavy atom. The maximum atomic E-state index is 12.1. The lowest BCUT2D eigenvalue weighted by Crippen LogP contribution is -2.34. The number of hydrogen-bond acceptors (Lipinski definition) is 4. The first-order chi connectivity index (χ1) is 9.96. The molecule has 1 N–H and O–H groups in total. The predicted molar refractivity (Wildman–Crippen MR) is 84.0 cm³/mol. The molecule has 2 aromatic rings. The van der Waals surface area contributed by atoms with E-state index in [4.69, 9.17) is 9.15 Å². The van der Waals surface area contributed by atoms with Crippen molar-refractivity contribution in [1.82, 2.24) is 5.32 Å². The van der Waals surface area contributed by atoms with Crippen LogP contribution < -0.4 is 15.7 Å². The second-order valence-electron chi connectivity index (χ2n) is 4.76. The Balaban J connectivity index is 2.55. The van der Waals surface area contributed by atoms with Gasteiger partial charge in [-0.3, -0.25) is 4.79 Å². The molecule has 5 nitrogen and oxygen atoms in total. The molecule has 0 radical (unpaired) electrons. The topological polar surface area (TPSA) is 68.5 Å². The molecule has 1 amide bonds. The van der Waals surface area contributed by atoms with Gasteiger partial charge in [-0.05, 0) is 31.5 Å². The Hall–Kier alpha value is -1.82. The molecule has 21 heavy (non-hydrogen) atoms. The number of methoxy groups -OCH3 is 1. The van der Waals surface area contributed by atoms with Gasteiger partial charge in [0.2, 0.25) is 0 Å². The number of carbonyl (C=O) groups is 1. The SMILES string of the molecule is CC[C@H](C)NC(=O)c1cc2cc(Br)cc(OC)c2oc1=O. The third-order valence-electron chi connectivity index (χ3n) is 3.22. The molecule has 1 aromatic heterocycles. The van der Waals surface area contributed by atoms with Gasteiger partial charge in [0.15, 0.2) is 11.3 Å². The Labute approximate surface area is 130 Å². The summed E-state index contributed by atoms with van der Waals surface area (Å²) < 4.78 is 11.2. The van der Waals surface area contributed by atoms with Crippen LogP contribution >= 0.6 is 15.9 Å². The molecule has 0 saturated carbocycles. The van der Waals surface area contributed by atoms with Crippen molar-refractivity contribution in [2.45, 2.75) is 26.3 Å². The van der Waals surface area contributed by atoms with Crippen LogP contribution in [0.3, 0.4) is 0 Å². The molecular weight excluding hydrogens is 338 g/mol. The summed E-state index contributed by atoms with van der Waals surface area (Å²) in [6.45, 7) is 3.83. The fraction of sp³-hybridized carbons (Fsp3) is 0.333. The van der Waals surface area contributed by atoms with E-state index in [2.05, 4.69) is 21.2 Å². The summed E-state index contributed by atoms with van der Waals surface area (Å²) in [5.41, 5.74) is -0.363. The van der Waals surface area contributed by atoms with E-state index in [1.54, 1.807) is 12.1 Å². The van der Waals surface area contributed by atoms with Gasteiger partial charge in [0.1, 0.15) is 5.56 Å². The van der Waals surface area contributed by atoms with Crippen molar-refractivity contribution in [2.75, 3.05) is 7.11 Å². The van der Waals surface area contributed by atoms with E-state index >= 15 is 0 Å². The first-order valence-electron chi connectivity index (χ1n) is 6.58. The van der Waals surface area contributed by atoms with Gasteiger partial charge in [-0.2, -0.15) is 0 Å². The second kappa shape index (κ2) is 6.30. The molecule has 112 valence electrons. The molecule has 1 aromatic carbocycles. The summed E-state index contributed by atoms with van der Waals surface area (Å²) in [6, 6.07) is 4.97. The highest BCUT2D eigenvalue weighted by molar-refractivity contribution is 9.10. The largest absolute Gasteiger partial charge is 0.493 e. The Morgan fingerprint density at radius 1 is 1.43 bits per heavy atom. The normalized spacial score (nSPS) is 12.2. The van der Waals surface area contributed by atoms with Gasteiger partial charge in [-0.15, -0.1) is 0 Å². The zero-order valence-corrected chi connectivity index (χ0v) is 13.6. The van der Waals surface area contributed by atoms with Gasteiger partial charge in [0, 0.05) is 15.9 Å². The van der Waals surface area contributed by atoms with Gasteiger partial charge in [-0.25, -0.2) is 4.79 Å². The highest BCUT2D eigenvalue weighted by Gasteiger charge is 2.17. The van der Waals surface area contributed by atoms with E-state index < -0.39 is 11.5 Å². The maximum Gasteiger partial charge on any atom is 0.349 e. The van der Waals surface area contributed by atoms with Gasteiger partial charge in [0.25, 0.3) is 5.91 Å². The lowest BCUT2D eigenvalue weighted by atomic mass is 10.1. The van der Waals surface area contributed by atoms with E-state index in [0.29, 0.717) is 16.7 Å². The molecule has 0 unspecified atom stereocenters. The van der Waals surface area contributed by atoms with Crippen LogP contribution in [0.25, 0.3) is 11.0 Å². The minimum absolute atomic E-state index is 0.00959. The van der Waals surface area contributed by atoms with Crippen LogP contribution in [0.15, 0.2) is 31.9 Å². The highest BCUT2D eigenvalue weighted by Crippen LogP contribution is 2.29. The molecule has 0 fully saturated rings. The van der Waals surface area contributed by atoms with Gasteiger partial charge in [-0.1, -0.05) is 22.9 Å². The minimum atomic E-state index is -0.677. The van der Waals surface area contributed by atoms with Crippen molar-refractivity contribution in [2.24, 2.45) is 0 Å². The van der Waals surface area contributed by atoms with E-state index in [9.17, 15) is 9.59 Å². The standard InChI is InChI=1S/C15H16BrNO4/c1-4-8(2)17-14(18)11-6-9-5-10(16)7-12(20-3)13(9)21-15(11)19/h5-8H,4H2,1-3H3,(H,17,18)/t8-/m0/s1. The first kappa shape index (κ1) is 15.6. The molecule has 0 saturated heterocycles. The number of benzene rings is 1. The van der Waals surface area contributed by atoms with Crippen molar-refractivity contribution in [3.63, 3.8) is 0 Å².